The van der Waals surface area contributed by atoms with Gasteiger partial charge in [0.25, 0.3) is 0 Å². The number of rotatable bonds is 5. The fraction of sp³-hybridized carbons (Fsp3) is 0.550. The van der Waals surface area contributed by atoms with Gasteiger partial charge in [0.05, 0.1) is 11.0 Å². The van der Waals surface area contributed by atoms with E-state index in [2.05, 4.69) is 61.0 Å². The van der Waals surface area contributed by atoms with Crippen molar-refractivity contribution in [2.45, 2.75) is 46.1 Å². The summed E-state index contributed by atoms with van der Waals surface area (Å²) in [6, 6.07) is 8.96. The molecule has 2 heterocycles. The fourth-order valence-electron chi connectivity index (χ4n) is 4.01. The monoisotopic (exact) mass is 311 g/mol. The third-order valence-electron chi connectivity index (χ3n) is 5.40. The van der Waals surface area contributed by atoms with E-state index in [0.29, 0.717) is 12.0 Å². The summed E-state index contributed by atoms with van der Waals surface area (Å²) in [5, 5.41) is 0. The summed E-state index contributed by atoms with van der Waals surface area (Å²) < 4.78 is 0. The van der Waals surface area contributed by atoms with Crippen LogP contribution < -0.4 is 0 Å². The lowest BCUT2D eigenvalue weighted by Gasteiger charge is -2.42. The van der Waals surface area contributed by atoms with E-state index in [1.807, 2.05) is 6.07 Å². The molecule has 1 aromatic carbocycles. The van der Waals surface area contributed by atoms with Crippen LogP contribution in [0, 0.1) is 11.8 Å². The average Bonchev–Trinajstić information content (AvgIpc) is 2.98. The Hall–Kier alpha value is -1.61. The second-order valence-electron chi connectivity index (χ2n) is 6.88. The number of nitrogens with zero attached hydrogens (tertiary/aromatic N) is 2. The van der Waals surface area contributed by atoms with Gasteiger partial charge in [-0.25, -0.2) is 4.98 Å². The molecule has 1 saturated heterocycles. The highest BCUT2D eigenvalue weighted by Crippen LogP contribution is 2.30. The first-order valence-electron chi connectivity index (χ1n) is 9.01. The molecule has 23 heavy (non-hydrogen) atoms. The summed E-state index contributed by atoms with van der Waals surface area (Å²) in [5.41, 5.74) is 2.22. The number of benzene rings is 1. The summed E-state index contributed by atoms with van der Waals surface area (Å²) in [7, 11) is 0. The maximum absolute atomic E-state index is 4.72. The van der Waals surface area contributed by atoms with Crippen molar-refractivity contribution < 1.29 is 0 Å². The molecule has 1 aliphatic heterocycles. The Bertz CT molecular complexity index is 625. The van der Waals surface area contributed by atoms with Crippen LogP contribution in [0.25, 0.3) is 11.0 Å². The van der Waals surface area contributed by atoms with Gasteiger partial charge in [-0.05, 0) is 44.2 Å². The summed E-state index contributed by atoms with van der Waals surface area (Å²) in [6.07, 6.45) is 8.21. The Kier molecular flexibility index (Phi) is 5.16. The van der Waals surface area contributed by atoms with Crippen molar-refractivity contribution in [1.29, 1.82) is 0 Å². The topological polar surface area (TPSA) is 31.9 Å². The van der Waals surface area contributed by atoms with E-state index in [4.69, 9.17) is 4.98 Å². The molecule has 0 bridgehead atoms. The van der Waals surface area contributed by atoms with Crippen LogP contribution in [-0.2, 0) is 6.42 Å². The number of hydrogen-bond donors (Lipinski definition) is 1. The van der Waals surface area contributed by atoms with Gasteiger partial charge in [0.15, 0.2) is 0 Å². The Balaban J connectivity index is 1.67. The van der Waals surface area contributed by atoms with Crippen LogP contribution in [-0.4, -0.2) is 34.0 Å². The van der Waals surface area contributed by atoms with Gasteiger partial charge >= 0.3 is 0 Å². The number of H-pyrrole nitrogens is 1. The lowest BCUT2D eigenvalue weighted by Crippen LogP contribution is -2.47. The minimum Gasteiger partial charge on any atom is -0.342 e. The molecule has 0 spiro atoms. The molecule has 1 aromatic heterocycles. The van der Waals surface area contributed by atoms with E-state index in [-0.39, 0.29) is 0 Å². The lowest BCUT2D eigenvalue weighted by molar-refractivity contribution is 0.0791. The maximum atomic E-state index is 4.72. The van der Waals surface area contributed by atoms with E-state index < -0.39 is 0 Å². The van der Waals surface area contributed by atoms with Crippen LogP contribution >= 0.6 is 0 Å². The summed E-state index contributed by atoms with van der Waals surface area (Å²) in [4.78, 5) is 10.8. The van der Waals surface area contributed by atoms with Crippen molar-refractivity contribution in [3.8, 4) is 0 Å². The van der Waals surface area contributed by atoms with Crippen LogP contribution in [0.3, 0.4) is 0 Å². The molecule has 0 radical (unpaired) electrons. The minimum absolute atomic E-state index is 0.672. The van der Waals surface area contributed by atoms with Crippen molar-refractivity contribution >= 4 is 11.0 Å². The molecule has 1 aliphatic rings. The van der Waals surface area contributed by atoms with Crippen molar-refractivity contribution in [3.05, 3.63) is 42.2 Å². The standard InChI is InChI=1S/C20H29N3/c1-4-8-16-13-17(5-2)15(3)23(14-16)12-11-20-21-18-9-6-7-10-19(18)22-20/h4,6-10,15-17H,5,11-14H2,1-3H3,(H,21,22)/b8-4-. The van der Waals surface area contributed by atoms with E-state index in [1.54, 1.807) is 0 Å². The molecule has 124 valence electrons. The Morgan fingerprint density at radius 2 is 2.17 bits per heavy atom. The molecule has 1 fully saturated rings. The molecule has 3 rings (SSSR count). The summed E-state index contributed by atoms with van der Waals surface area (Å²) >= 11 is 0. The van der Waals surface area contributed by atoms with Crippen LogP contribution in [0.4, 0.5) is 0 Å². The van der Waals surface area contributed by atoms with Crippen LogP contribution in [0.15, 0.2) is 36.4 Å². The second kappa shape index (κ2) is 7.31. The van der Waals surface area contributed by atoms with Crippen LogP contribution in [0.2, 0.25) is 0 Å². The fourth-order valence-corrected chi connectivity index (χ4v) is 4.01. The van der Waals surface area contributed by atoms with Gasteiger partial charge in [-0.1, -0.05) is 37.6 Å². The third kappa shape index (κ3) is 3.66. The molecule has 3 nitrogen and oxygen atoms in total. The van der Waals surface area contributed by atoms with Gasteiger partial charge < -0.3 is 4.98 Å². The number of imidazole rings is 1. The Morgan fingerprint density at radius 1 is 1.35 bits per heavy atom. The van der Waals surface area contributed by atoms with Crippen LogP contribution in [0.5, 0.6) is 0 Å². The third-order valence-corrected chi connectivity index (χ3v) is 5.40. The highest BCUT2D eigenvalue weighted by Gasteiger charge is 2.30. The van der Waals surface area contributed by atoms with Crippen LogP contribution in [0.1, 0.15) is 39.4 Å². The zero-order valence-corrected chi connectivity index (χ0v) is 14.6. The SMILES string of the molecule is C/C=C\C1CC(CC)C(C)N(CCc2nc3ccccc3[nH]2)C1. The first-order chi connectivity index (χ1) is 11.2. The second-order valence-corrected chi connectivity index (χ2v) is 6.88. The molecular weight excluding hydrogens is 282 g/mol. The Labute approximate surface area is 139 Å². The molecule has 3 atom stereocenters. The van der Waals surface area contributed by atoms with Crippen molar-refractivity contribution in [3.63, 3.8) is 0 Å². The van der Waals surface area contributed by atoms with Gasteiger partial charge in [0.2, 0.25) is 0 Å². The first-order valence-corrected chi connectivity index (χ1v) is 9.01. The van der Waals surface area contributed by atoms with Crippen molar-refractivity contribution in [2.24, 2.45) is 11.8 Å². The zero-order chi connectivity index (χ0) is 16.2. The molecule has 1 N–H and O–H groups in total. The highest BCUT2D eigenvalue weighted by molar-refractivity contribution is 5.74. The smallest absolute Gasteiger partial charge is 0.108 e. The van der Waals surface area contributed by atoms with Crippen molar-refractivity contribution in [2.75, 3.05) is 13.1 Å². The van der Waals surface area contributed by atoms with Gasteiger partial charge in [-0.2, -0.15) is 0 Å². The number of para-hydroxylation sites is 2. The predicted octanol–water partition coefficient (Wildman–Crippen LogP) is 4.42. The van der Waals surface area contributed by atoms with Gasteiger partial charge in [-0.15, -0.1) is 0 Å². The lowest BCUT2D eigenvalue weighted by atomic mass is 9.82. The van der Waals surface area contributed by atoms with Gasteiger partial charge in [-0.3, -0.25) is 4.90 Å². The van der Waals surface area contributed by atoms with E-state index in [1.165, 1.54) is 19.4 Å². The Morgan fingerprint density at radius 3 is 2.91 bits per heavy atom. The van der Waals surface area contributed by atoms with E-state index >= 15 is 0 Å². The summed E-state index contributed by atoms with van der Waals surface area (Å²) in [6.45, 7) is 9.14. The van der Waals surface area contributed by atoms with E-state index in [0.717, 1.165) is 35.7 Å². The van der Waals surface area contributed by atoms with Gasteiger partial charge in [0, 0.05) is 25.6 Å². The number of piperidine rings is 1. The number of aromatic amines is 1. The molecule has 0 amide bonds. The largest absolute Gasteiger partial charge is 0.342 e. The number of nitrogens with one attached hydrogen (secondary N) is 1. The van der Waals surface area contributed by atoms with E-state index in [9.17, 15) is 0 Å². The maximum Gasteiger partial charge on any atom is 0.108 e. The highest BCUT2D eigenvalue weighted by atomic mass is 15.2. The predicted molar refractivity (Wildman–Crippen MR) is 97.5 cm³/mol. The number of likely N-dealkylation sites (tertiary alicyclic amines) is 1. The zero-order valence-electron chi connectivity index (χ0n) is 14.6. The number of hydrogen-bond acceptors (Lipinski definition) is 2. The molecule has 0 aliphatic carbocycles. The average molecular weight is 311 g/mol. The summed E-state index contributed by atoms with van der Waals surface area (Å²) in [5.74, 6) is 2.62. The van der Waals surface area contributed by atoms with Crippen molar-refractivity contribution in [1.82, 2.24) is 14.9 Å². The molecule has 0 saturated carbocycles. The minimum atomic E-state index is 0.672. The molecule has 3 heteroatoms. The number of aromatic nitrogens is 2. The molecule has 3 unspecified atom stereocenters. The normalized spacial score (nSPS) is 26.3. The molecular formula is C20H29N3. The van der Waals surface area contributed by atoms with Gasteiger partial charge in [0.1, 0.15) is 5.82 Å². The number of fused-ring (bicyclic) bond motifs is 1. The number of allylic oxidation sites excluding steroid dienone is 1. The molecule has 2 aromatic rings. The quantitative estimate of drug-likeness (QED) is 0.829. The first kappa shape index (κ1) is 16.3.